The van der Waals surface area contributed by atoms with Crippen molar-refractivity contribution in [3.8, 4) is 0 Å². The Morgan fingerprint density at radius 2 is 2.08 bits per heavy atom. The molecule has 6 heteroatoms. The van der Waals surface area contributed by atoms with Crippen molar-refractivity contribution < 1.29 is 18.0 Å². The van der Waals surface area contributed by atoms with Crippen molar-refractivity contribution in [2.24, 2.45) is 0 Å². The highest BCUT2D eigenvalue weighted by atomic mass is 19.4. The summed E-state index contributed by atoms with van der Waals surface area (Å²) in [7, 11) is 0. The molecule has 0 saturated heterocycles. The molecule has 0 spiro atoms. The number of carbonyl (C=O) groups excluding carboxylic acids is 1. The SMILES string of the molecule is Nc1cc(C(=O)C(F)(F)F)ccn1. The van der Waals surface area contributed by atoms with Crippen molar-refractivity contribution in [3.63, 3.8) is 0 Å². The number of aromatic nitrogens is 1. The average molecular weight is 190 g/mol. The van der Waals surface area contributed by atoms with Crippen molar-refractivity contribution in [2.45, 2.75) is 6.18 Å². The summed E-state index contributed by atoms with van der Waals surface area (Å²) in [6.45, 7) is 0. The first-order chi connectivity index (χ1) is 5.91. The van der Waals surface area contributed by atoms with Gasteiger partial charge in [-0.15, -0.1) is 0 Å². The molecule has 0 aliphatic rings. The van der Waals surface area contributed by atoms with E-state index in [4.69, 9.17) is 5.73 Å². The van der Waals surface area contributed by atoms with E-state index >= 15 is 0 Å². The monoisotopic (exact) mass is 190 g/mol. The topological polar surface area (TPSA) is 56.0 Å². The Bertz CT molecular complexity index is 335. The lowest BCUT2D eigenvalue weighted by Crippen LogP contribution is -2.22. The number of nitrogens with zero attached hydrogens (tertiary/aromatic N) is 1. The minimum atomic E-state index is -4.87. The van der Waals surface area contributed by atoms with E-state index in [2.05, 4.69) is 4.98 Å². The second kappa shape index (κ2) is 3.04. The normalized spacial score (nSPS) is 11.3. The van der Waals surface area contributed by atoms with Crippen molar-refractivity contribution >= 4 is 11.6 Å². The van der Waals surface area contributed by atoms with Crippen molar-refractivity contribution in [1.29, 1.82) is 0 Å². The molecule has 0 fully saturated rings. The zero-order chi connectivity index (χ0) is 10.1. The Labute approximate surface area is 71.4 Å². The van der Waals surface area contributed by atoms with Crippen LogP contribution in [0, 0.1) is 0 Å². The predicted molar refractivity (Wildman–Crippen MR) is 39.0 cm³/mol. The summed E-state index contributed by atoms with van der Waals surface area (Å²) in [6.07, 6.45) is -3.82. The zero-order valence-corrected chi connectivity index (χ0v) is 6.30. The third kappa shape index (κ3) is 2.17. The van der Waals surface area contributed by atoms with Gasteiger partial charge in [-0.25, -0.2) is 4.98 Å². The van der Waals surface area contributed by atoms with Crippen LogP contribution in [0.25, 0.3) is 0 Å². The molecule has 1 aromatic rings. The number of alkyl halides is 3. The fraction of sp³-hybridized carbons (Fsp3) is 0.143. The minimum absolute atomic E-state index is 0.116. The van der Waals surface area contributed by atoms with Crippen LogP contribution < -0.4 is 5.73 Å². The number of hydrogen-bond acceptors (Lipinski definition) is 3. The van der Waals surface area contributed by atoms with Gasteiger partial charge in [0.15, 0.2) is 0 Å². The van der Waals surface area contributed by atoms with Crippen LogP contribution in [0.4, 0.5) is 19.0 Å². The van der Waals surface area contributed by atoms with Crippen molar-refractivity contribution in [1.82, 2.24) is 4.98 Å². The maximum atomic E-state index is 11.9. The molecule has 0 atom stereocenters. The molecule has 2 N–H and O–H groups in total. The number of pyridine rings is 1. The molecule has 0 aliphatic carbocycles. The quantitative estimate of drug-likeness (QED) is 0.681. The number of nitrogen functional groups attached to an aromatic ring is 1. The summed E-state index contributed by atoms with van der Waals surface area (Å²) in [5.41, 5.74) is 4.61. The van der Waals surface area contributed by atoms with Crippen LogP contribution in [0.2, 0.25) is 0 Å². The highest BCUT2D eigenvalue weighted by Crippen LogP contribution is 2.21. The fourth-order valence-corrected chi connectivity index (χ4v) is 0.753. The molecule has 0 bridgehead atoms. The first kappa shape index (κ1) is 9.50. The van der Waals surface area contributed by atoms with E-state index in [9.17, 15) is 18.0 Å². The molecule has 0 amide bonds. The maximum absolute atomic E-state index is 11.9. The van der Waals surface area contributed by atoms with Crippen LogP contribution in [0.5, 0.6) is 0 Å². The van der Waals surface area contributed by atoms with Crippen LogP contribution in [-0.4, -0.2) is 16.9 Å². The summed E-state index contributed by atoms with van der Waals surface area (Å²) in [5, 5.41) is 0. The molecule has 0 saturated carbocycles. The fourth-order valence-electron chi connectivity index (χ4n) is 0.753. The third-order valence-corrected chi connectivity index (χ3v) is 1.30. The second-order valence-corrected chi connectivity index (χ2v) is 2.30. The Morgan fingerprint density at radius 1 is 1.46 bits per heavy atom. The van der Waals surface area contributed by atoms with Gasteiger partial charge in [-0.1, -0.05) is 0 Å². The van der Waals surface area contributed by atoms with E-state index in [-0.39, 0.29) is 5.82 Å². The van der Waals surface area contributed by atoms with E-state index in [1.165, 1.54) is 0 Å². The van der Waals surface area contributed by atoms with Gasteiger partial charge in [0.1, 0.15) is 5.82 Å². The maximum Gasteiger partial charge on any atom is 0.454 e. The second-order valence-electron chi connectivity index (χ2n) is 2.30. The molecule has 1 heterocycles. The molecule has 1 aromatic heterocycles. The number of halogens is 3. The first-order valence-electron chi connectivity index (χ1n) is 3.24. The van der Waals surface area contributed by atoms with E-state index in [0.29, 0.717) is 0 Å². The van der Waals surface area contributed by atoms with Crippen molar-refractivity contribution in [3.05, 3.63) is 23.9 Å². The van der Waals surface area contributed by atoms with E-state index < -0.39 is 17.5 Å². The molecule has 0 unspecified atom stereocenters. The molecule has 0 aliphatic heterocycles. The van der Waals surface area contributed by atoms with Crippen LogP contribution >= 0.6 is 0 Å². The molecule has 0 aromatic carbocycles. The van der Waals surface area contributed by atoms with Gasteiger partial charge >= 0.3 is 6.18 Å². The van der Waals surface area contributed by atoms with Gasteiger partial charge in [-0.05, 0) is 12.1 Å². The van der Waals surface area contributed by atoms with Crippen LogP contribution in [0.15, 0.2) is 18.3 Å². The molecule has 13 heavy (non-hydrogen) atoms. The summed E-state index contributed by atoms with van der Waals surface area (Å²) in [4.78, 5) is 14.1. The van der Waals surface area contributed by atoms with E-state index in [1.807, 2.05) is 0 Å². The summed E-state index contributed by atoms with van der Waals surface area (Å²) in [5.74, 6) is -2.03. The highest BCUT2D eigenvalue weighted by molar-refractivity contribution is 6.00. The molecule has 1 rings (SSSR count). The van der Waals surface area contributed by atoms with Gasteiger partial charge in [0, 0.05) is 11.8 Å². The lowest BCUT2D eigenvalue weighted by atomic mass is 10.2. The number of rotatable bonds is 1. The standard InChI is InChI=1S/C7H5F3N2O/c8-7(9,10)6(13)4-1-2-12-5(11)3-4/h1-3H,(H2,11,12). The van der Waals surface area contributed by atoms with Gasteiger partial charge in [0.2, 0.25) is 0 Å². The Kier molecular flexibility index (Phi) is 2.22. The number of carbonyl (C=O) groups is 1. The molecule has 0 radical (unpaired) electrons. The van der Waals surface area contributed by atoms with Gasteiger partial charge in [0.05, 0.1) is 0 Å². The molecular weight excluding hydrogens is 185 g/mol. The lowest BCUT2D eigenvalue weighted by Gasteiger charge is -2.04. The third-order valence-electron chi connectivity index (χ3n) is 1.30. The number of nitrogens with two attached hydrogens (primary N) is 1. The minimum Gasteiger partial charge on any atom is -0.384 e. The van der Waals surface area contributed by atoms with Gasteiger partial charge in [0.25, 0.3) is 5.78 Å². The van der Waals surface area contributed by atoms with E-state index in [1.54, 1.807) is 0 Å². The average Bonchev–Trinajstić information content (AvgIpc) is 2.01. The first-order valence-corrected chi connectivity index (χ1v) is 3.24. The van der Waals surface area contributed by atoms with E-state index in [0.717, 1.165) is 18.3 Å². The highest BCUT2D eigenvalue weighted by Gasteiger charge is 2.39. The number of Topliss-reactive ketones (excluding diaryl/α,β-unsaturated/α-hetero) is 1. The molecule has 3 nitrogen and oxygen atoms in total. The summed E-state index contributed by atoms with van der Waals surface area (Å²) in [6, 6.07) is 1.85. The van der Waals surface area contributed by atoms with Gasteiger partial charge in [-0.3, -0.25) is 4.79 Å². The number of hydrogen-bond donors (Lipinski definition) is 1. The van der Waals surface area contributed by atoms with Crippen LogP contribution in [0.1, 0.15) is 10.4 Å². The largest absolute Gasteiger partial charge is 0.454 e. The summed E-state index contributed by atoms with van der Waals surface area (Å²) >= 11 is 0. The Hall–Kier alpha value is -1.59. The smallest absolute Gasteiger partial charge is 0.384 e. The molecule has 70 valence electrons. The van der Waals surface area contributed by atoms with Gasteiger partial charge in [-0.2, -0.15) is 13.2 Å². The Morgan fingerprint density at radius 3 is 2.54 bits per heavy atom. The Balaban J connectivity index is 3.03. The lowest BCUT2D eigenvalue weighted by molar-refractivity contribution is -0.0885. The zero-order valence-electron chi connectivity index (χ0n) is 6.30. The predicted octanol–water partition coefficient (Wildman–Crippen LogP) is 1.41. The summed E-state index contributed by atoms with van der Waals surface area (Å²) < 4.78 is 35.6. The van der Waals surface area contributed by atoms with Crippen LogP contribution in [-0.2, 0) is 0 Å². The molecular formula is C7H5F3N2O. The van der Waals surface area contributed by atoms with Gasteiger partial charge < -0.3 is 5.73 Å². The van der Waals surface area contributed by atoms with Crippen molar-refractivity contribution in [2.75, 3.05) is 5.73 Å². The number of anilines is 1. The number of ketones is 1. The van der Waals surface area contributed by atoms with Crippen LogP contribution in [0.3, 0.4) is 0 Å².